The van der Waals surface area contributed by atoms with Crippen LogP contribution in [0.1, 0.15) is 19.8 Å². The Morgan fingerprint density at radius 3 is 2.53 bits per heavy atom. The molecule has 0 saturated carbocycles. The Labute approximate surface area is 188 Å². The second-order valence-corrected chi connectivity index (χ2v) is 9.86. The third kappa shape index (κ3) is 5.03. The normalized spacial score (nSPS) is 15.0. The highest BCUT2D eigenvalue weighted by atomic mass is 32.2. The molecule has 3 rings (SSSR count). The van der Waals surface area contributed by atoms with Crippen LogP contribution < -0.4 is 20.3 Å². The molecule has 1 aliphatic heterocycles. The zero-order chi connectivity index (χ0) is 23.5. The number of methoxy groups -OCH3 is 1. The minimum Gasteiger partial charge on any atom is -0.494 e. The van der Waals surface area contributed by atoms with Crippen LogP contribution in [0.3, 0.4) is 0 Å². The average Bonchev–Trinajstić information content (AvgIpc) is 3.19. The molecule has 1 fully saturated rings. The van der Waals surface area contributed by atoms with Crippen LogP contribution in [0, 0.1) is 0 Å². The maximum absolute atomic E-state index is 12.7. The van der Waals surface area contributed by atoms with E-state index >= 15 is 0 Å². The maximum atomic E-state index is 12.7. The number of anilines is 3. The van der Waals surface area contributed by atoms with Gasteiger partial charge in [-0.25, -0.2) is 12.7 Å². The molecular weight excluding hydrogens is 432 g/mol. The van der Waals surface area contributed by atoms with Gasteiger partial charge in [-0.15, -0.1) is 0 Å². The van der Waals surface area contributed by atoms with E-state index in [0.717, 1.165) is 10.7 Å². The summed E-state index contributed by atoms with van der Waals surface area (Å²) in [6.45, 7) is 2.35. The van der Waals surface area contributed by atoms with E-state index in [-0.39, 0.29) is 16.7 Å². The molecule has 1 saturated heterocycles. The van der Waals surface area contributed by atoms with Crippen LogP contribution in [-0.4, -0.2) is 58.3 Å². The van der Waals surface area contributed by atoms with Gasteiger partial charge in [-0.2, -0.15) is 0 Å². The number of ether oxygens (including phenoxy) is 1. The van der Waals surface area contributed by atoms with Crippen molar-refractivity contribution in [2.45, 2.75) is 30.7 Å². The summed E-state index contributed by atoms with van der Waals surface area (Å²) in [5.74, 6) is 0.275. The molecule has 0 spiro atoms. The lowest BCUT2D eigenvalue weighted by Crippen LogP contribution is -2.32. The number of nitrogens with one attached hydrogen (secondary N) is 2. The molecule has 2 N–H and O–H groups in total. The highest BCUT2D eigenvalue weighted by molar-refractivity contribution is 7.89. The second-order valence-electron chi connectivity index (χ2n) is 7.71. The molecule has 2 amide bonds. The van der Waals surface area contributed by atoms with Crippen LogP contribution in [0.2, 0.25) is 0 Å². The average molecular weight is 461 g/mol. The predicted molar refractivity (Wildman–Crippen MR) is 124 cm³/mol. The summed E-state index contributed by atoms with van der Waals surface area (Å²) < 4.78 is 31.2. The summed E-state index contributed by atoms with van der Waals surface area (Å²) in [6.07, 6.45) is 1.34. The molecule has 1 atom stereocenters. The van der Waals surface area contributed by atoms with E-state index in [4.69, 9.17) is 4.74 Å². The first-order chi connectivity index (χ1) is 15.1. The Morgan fingerprint density at radius 1 is 1.16 bits per heavy atom. The molecule has 172 valence electrons. The summed E-state index contributed by atoms with van der Waals surface area (Å²) >= 11 is 0. The minimum absolute atomic E-state index is 0.0651. The quantitative estimate of drug-likeness (QED) is 0.627. The first kappa shape index (κ1) is 23.6. The van der Waals surface area contributed by atoms with Crippen molar-refractivity contribution in [1.29, 1.82) is 0 Å². The fourth-order valence-electron chi connectivity index (χ4n) is 3.40. The maximum Gasteiger partial charge on any atom is 0.246 e. The summed E-state index contributed by atoms with van der Waals surface area (Å²) in [6, 6.07) is 10.8. The van der Waals surface area contributed by atoms with Gasteiger partial charge in [0, 0.05) is 44.5 Å². The summed E-state index contributed by atoms with van der Waals surface area (Å²) in [5, 5.41) is 5.84. The van der Waals surface area contributed by atoms with Crippen molar-refractivity contribution in [2.24, 2.45) is 0 Å². The molecular formula is C22H28N4O5S. The fourth-order valence-corrected chi connectivity index (χ4v) is 4.35. The van der Waals surface area contributed by atoms with Crippen molar-refractivity contribution < 1.29 is 22.7 Å². The number of benzene rings is 2. The third-order valence-corrected chi connectivity index (χ3v) is 7.01. The van der Waals surface area contributed by atoms with Gasteiger partial charge >= 0.3 is 0 Å². The van der Waals surface area contributed by atoms with Crippen molar-refractivity contribution in [3.05, 3.63) is 42.5 Å². The smallest absolute Gasteiger partial charge is 0.246 e. The minimum atomic E-state index is -3.60. The van der Waals surface area contributed by atoms with E-state index in [1.54, 1.807) is 42.2 Å². The van der Waals surface area contributed by atoms with Gasteiger partial charge in [-0.05, 0) is 43.7 Å². The molecule has 0 aliphatic carbocycles. The number of sulfonamides is 1. The highest BCUT2D eigenvalue weighted by Gasteiger charge is 2.25. The van der Waals surface area contributed by atoms with Gasteiger partial charge in [-0.1, -0.05) is 6.07 Å². The first-order valence-electron chi connectivity index (χ1n) is 10.2. The number of amides is 2. The van der Waals surface area contributed by atoms with Crippen molar-refractivity contribution in [3.8, 4) is 5.75 Å². The Balaban J connectivity index is 1.70. The van der Waals surface area contributed by atoms with Crippen LogP contribution in [0.25, 0.3) is 0 Å². The number of hydrogen-bond acceptors (Lipinski definition) is 6. The molecule has 2 aromatic carbocycles. The van der Waals surface area contributed by atoms with Crippen LogP contribution in [0.4, 0.5) is 17.1 Å². The van der Waals surface area contributed by atoms with Crippen molar-refractivity contribution >= 4 is 38.9 Å². The zero-order valence-corrected chi connectivity index (χ0v) is 19.4. The Hall–Kier alpha value is -3.11. The molecule has 0 aromatic heterocycles. The second kappa shape index (κ2) is 9.58. The highest BCUT2D eigenvalue weighted by Crippen LogP contribution is 2.34. The van der Waals surface area contributed by atoms with Crippen molar-refractivity contribution in [3.63, 3.8) is 0 Å². The zero-order valence-electron chi connectivity index (χ0n) is 18.6. The molecule has 10 heteroatoms. The molecule has 1 aliphatic rings. The molecule has 0 bridgehead atoms. The largest absolute Gasteiger partial charge is 0.494 e. The number of rotatable bonds is 8. The molecule has 32 heavy (non-hydrogen) atoms. The van der Waals surface area contributed by atoms with E-state index in [0.29, 0.717) is 35.8 Å². The van der Waals surface area contributed by atoms with Crippen LogP contribution >= 0.6 is 0 Å². The van der Waals surface area contributed by atoms with Crippen LogP contribution in [0.5, 0.6) is 5.75 Å². The van der Waals surface area contributed by atoms with E-state index < -0.39 is 16.1 Å². The SMILES string of the molecule is COc1cc(N[C@H](C)C(=O)Nc2cccc(S(=O)(=O)N(C)C)c2)ccc1N1CCCC1=O. The summed E-state index contributed by atoms with van der Waals surface area (Å²) in [5.41, 5.74) is 1.74. The van der Waals surface area contributed by atoms with Crippen molar-refractivity contribution in [2.75, 3.05) is 43.3 Å². The van der Waals surface area contributed by atoms with Gasteiger partial charge in [0.25, 0.3) is 0 Å². The monoisotopic (exact) mass is 460 g/mol. The molecule has 2 aromatic rings. The number of hydrogen-bond donors (Lipinski definition) is 2. The first-order valence-corrected chi connectivity index (χ1v) is 11.7. The number of nitrogens with zero attached hydrogens (tertiary/aromatic N) is 2. The van der Waals surface area contributed by atoms with E-state index in [1.165, 1.54) is 33.3 Å². The topological polar surface area (TPSA) is 108 Å². The Kier molecular flexibility index (Phi) is 7.05. The molecule has 9 nitrogen and oxygen atoms in total. The lowest BCUT2D eigenvalue weighted by atomic mass is 10.2. The summed E-state index contributed by atoms with van der Waals surface area (Å²) in [4.78, 5) is 26.5. The van der Waals surface area contributed by atoms with Gasteiger partial charge in [0.05, 0.1) is 17.7 Å². The standard InChI is InChI=1S/C22H28N4O5S/c1-15(22(28)24-16-7-5-8-18(13-16)32(29,30)25(2)3)23-17-10-11-19(20(14-17)31-4)26-12-6-9-21(26)27/h5,7-8,10-11,13-15,23H,6,9,12H2,1-4H3,(H,24,28)/t15-/m1/s1. The third-order valence-electron chi connectivity index (χ3n) is 5.20. The Morgan fingerprint density at radius 2 is 1.91 bits per heavy atom. The Bertz CT molecular complexity index is 1120. The van der Waals surface area contributed by atoms with Gasteiger partial charge < -0.3 is 20.3 Å². The predicted octanol–water partition coefficient (Wildman–Crippen LogP) is 2.51. The van der Waals surface area contributed by atoms with Gasteiger partial charge in [0.1, 0.15) is 11.8 Å². The number of carbonyl (C=O) groups is 2. The molecule has 1 heterocycles. The summed E-state index contributed by atoms with van der Waals surface area (Å²) in [7, 11) is 0.834. The van der Waals surface area contributed by atoms with Crippen LogP contribution in [0.15, 0.2) is 47.4 Å². The molecule has 0 radical (unpaired) electrons. The van der Waals surface area contributed by atoms with Gasteiger partial charge in [0.15, 0.2) is 0 Å². The van der Waals surface area contributed by atoms with E-state index in [2.05, 4.69) is 10.6 Å². The lowest BCUT2D eigenvalue weighted by molar-refractivity contribution is -0.117. The number of carbonyl (C=O) groups excluding carboxylic acids is 2. The van der Waals surface area contributed by atoms with E-state index in [1.807, 2.05) is 0 Å². The van der Waals surface area contributed by atoms with Crippen molar-refractivity contribution in [1.82, 2.24) is 4.31 Å². The van der Waals surface area contributed by atoms with Gasteiger partial charge in [0.2, 0.25) is 21.8 Å². The molecule has 0 unspecified atom stereocenters. The van der Waals surface area contributed by atoms with Gasteiger partial charge in [-0.3, -0.25) is 9.59 Å². The van der Waals surface area contributed by atoms with Crippen LogP contribution in [-0.2, 0) is 19.6 Å². The lowest BCUT2D eigenvalue weighted by Gasteiger charge is -2.21. The van der Waals surface area contributed by atoms with E-state index in [9.17, 15) is 18.0 Å². The fraction of sp³-hybridized carbons (Fsp3) is 0.364.